The zero-order chi connectivity index (χ0) is 14.7. The molecule has 2 aliphatic carbocycles. The van der Waals surface area contributed by atoms with Crippen LogP contribution in [0.2, 0.25) is 0 Å². The minimum atomic E-state index is -0.252. The molecule has 1 aromatic rings. The first kappa shape index (κ1) is 15.1. The van der Waals surface area contributed by atoms with E-state index < -0.39 is 0 Å². The predicted molar refractivity (Wildman–Crippen MR) is 88.3 cm³/mol. The van der Waals surface area contributed by atoms with Gasteiger partial charge >= 0.3 is 0 Å². The summed E-state index contributed by atoms with van der Waals surface area (Å²) in [5, 5.41) is 10.6. The molecule has 0 aliphatic heterocycles. The van der Waals surface area contributed by atoms with Crippen LogP contribution < -0.4 is 0 Å². The lowest BCUT2D eigenvalue weighted by Crippen LogP contribution is -2.19. The van der Waals surface area contributed by atoms with Crippen LogP contribution in [0.5, 0.6) is 0 Å². The molecule has 0 spiro atoms. The van der Waals surface area contributed by atoms with Gasteiger partial charge in [-0.2, -0.15) is 0 Å². The fraction of sp³-hybridized carbons (Fsp3) is 0.700. The van der Waals surface area contributed by atoms with Crippen molar-refractivity contribution in [2.75, 3.05) is 0 Å². The molecule has 1 N–H and O–H groups in total. The van der Waals surface area contributed by atoms with Gasteiger partial charge in [0.2, 0.25) is 0 Å². The van der Waals surface area contributed by atoms with Crippen molar-refractivity contribution < 1.29 is 5.11 Å². The number of aliphatic hydroxyl groups is 1. The zero-order valence-electron chi connectivity index (χ0n) is 13.4. The van der Waals surface area contributed by atoms with Gasteiger partial charge < -0.3 is 5.11 Å². The van der Waals surface area contributed by atoms with Crippen molar-refractivity contribution >= 4 is 0 Å². The Hall–Kier alpha value is -0.820. The van der Waals surface area contributed by atoms with E-state index in [1.54, 1.807) is 0 Å². The van der Waals surface area contributed by atoms with Crippen LogP contribution in [-0.2, 0) is 0 Å². The third kappa shape index (κ3) is 3.69. The highest BCUT2D eigenvalue weighted by molar-refractivity contribution is 5.27. The van der Waals surface area contributed by atoms with E-state index in [-0.39, 0.29) is 6.10 Å². The molecule has 1 aromatic carbocycles. The first-order chi connectivity index (χ1) is 10.2. The summed E-state index contributed by atoms with van der Waals surface area (Å²) < 4.78 is 0. The molecule has 3 rings (SSSR count). The average Bonchev–Trinajstić information content (AvgIpc) is 2.56. The van der Waals surface area contributed by atoms with E-state index in [4.69, 9.17) is 0 Å². The Morgan fingerprint density at radius 2 is 1.48 bits per heavy atom. The second kappa shape index (κ2) is 6.96. The van der Waals surface area contributed by atoms with Crippen molar-refractivity contribution in [3.63, 3.8) is 0 Å². The van der Waals surface area contributed by atoms with Crippen molar-refractivity contribution in [3.05, 3.63) is 35.4 Å². The fourth-order valence-electron chi connectivity index (χ4n) is 4.28. The van der Waals surface area contributed by atoms with E-state index in [0.29, 0.717) is 5.92 Å². The maximum absolute atomic E-state index is 10.6. The van der Waals surface area contributed by atoms with Gasteiger partial charge in [0.05, 0.1) is 6.10 Å². The highest BCUT2D eigenvalue weighted by Gasteiger charge is 2.26. The van der Waals surface area contributed by atoms with Crippen LogP contribution in [0, 0.1) is 11.8 Å². The molecular formula is C20H30O. The first-order valence-corrected chi connectivity index (χ1v) is 9.02. The van der Waals surface area contributed by atoms with Crippen LogP contribution in [0.25, 0.3) is 0 Å². The topological polar surface area (TPSA) is 20.2 Å². The SMILES string of the molecule is CC1CCC(C(O)c2ccc(C3CCCCC3)cc2)CC1. The van der Waals surface area contributed by atoms with E-state index in [0.717, 1.165) is 17.4 Å². The lowest BCUT2D eigenvalue weighted by atomic mass is 9.78. The molecule has 21 heavy (non-hydrogen) atoms. The number of hydrogen-bond donors (Lipinski definition) is 1. The smallest absolute Gasteiger partial charge is 0.0818 e. The largest absolute Gasteiger partial charge is 0.388 e. The quantitative estimate of drug-likeness (QED) is 0.767. The summed E-state index contributed by atoms with van der Waals surface area (Å²) in [4.78, 5) is 0. The third-order valence-corrected chi connectivity index (χ3v) is 5.86. The monoisotopic (exact) mass is 286 g/mol. The minimum Gasteiger partial charge on any atom is -0.388 e. The predicted octanol–water partition coefficient (Wildman–Crippen LogP) is 5.59. The van der Waals surface area contributed by atoms with Crippen molar-refractivity contribution in [2.24, 2.45) is 11.8 Å². The van der Waals surface area contributed by atoms with Gasteiger partial charge in [-0.3, -0.25) is 0 Å². The third-order valence-electron chi connectivity index (χ3n) is 5.86. The molecule has 0 bridgehead atoms. The Morgan fingerprint density at radius 1 is 0.857 bits per heavy atom. The molecule has 1 nitrogen and oxygen atoms in total. The molecule has 2 aliphatic rings. The molecule has 1 unspecified atom stereocenters. The first-order valence-electron chi connectivity index (χ1n) is 9.02. The highest BCUT2D eigenvalue weighted by atomic mass is 16.3. The average molecular weight is 286 g/mol. The van der Waals surface area contributed by atoms with E-state index in [9.17, 15) is 5.11 Å². The molecule has 2 fully saturated rings. The summed E-state index contributed by atoms with van der Waals surface area (Å²) in [5.74, 6) is 2.09. The van der Waals surface area contributed by atoms with Gasteiger partial charge in [0.15, 0.2) is 0 Å². The van der Waals surface area contributed by atoms with Crippen LogP contribution in [-0.4, -0.2) is 5.11 Å². The van der Waals surface area contributed by atoms with Crippen molar-refractivity contribution in [1.29, 1.82) is 0 Å². The van der Waals surface area contributed by atoms with Crippen LogP contribution in [0.4, 0.5) is 0 Å². The summed E-state index contributed by atoms with van der Waals surface area (Å²) >= 11 is 0. The summed E-state index contributed by atoms with van der Waals surface area (Å²) in [5.41, 5.74) is 2.62. The molecule has 0 heterocycles. The van der Waals surface area contributed by atoms with Gasteiger partial charge in [0, 0.05) is 0 Å². The Kier molecular flexibility index (Phi) is 5.00. The van der Waals surface area contributed by atoms with Gasteiger partial charge in [-0.05, 0) is 54.6 Å². The maximum atomic E-state index is 10.6. The number of aliphatic hydroxyl groups excluding tert-OH is 1. The molecule has 0 radical (unpaired) electrons. The van der Waals surface area contributed by atoms with Gasteiger partial charge in [-0.15, -0.1) is 0 Å². The Morgan fingerprint density at radius 3 is 2.10 bits per heavy atom. The molecular weight excluding hydrogens is 256 g/mol. The summed E-state index contributed by atoms with van der Waals surface area (Å²) in [6.07, 6.45) is 11.6. The Bertz CT molecular complexity index is 422. The maximum Gasteiger partial charge on any atom is 0.0818 e. The second-order valence-electron chi connectivity index (χ2n) is 7.47. The summed E-state index contributed by atoms with van der Waals surface area (Å²) in [6.45, 7) is 2.33. The fourth-order valence-corrected chi connectivity index (χ4v) is 4.28. The standard InChI is InChI=1S/C20H30O/c1-15-7-9-18(10-8-15)20(21)19-13-11-17(12-14-19)16-5-3-2-4-6-16/h11-16,18,20-21H,2-10H2,1H3. The van der Waals surface area contributed by atoms with Crippen LogP contribution >= 0.6 is 0 Å². The van der Waals surface area contributed by atoms with E-state index in [1.165, 1.54) is 63.4 Å². The van der Waals surface area contributed by atoms with Gasteiger partial charge in [0.25, 0.3) is 0 Å². The van der Waals surface area contributed by atoms with Crippen molar-refractivity contribution in [2.45, 2.75) is 76.7 Å². The van der Waals surface area contributed by atoms with E-state index in [2.05, 4.69) is 31.2 Å². The molecule has 1 heteroatoms. The van der Waals surface area contributed by atoms with Gasteiger partial charge in [0.1, 0.15) is 0 Å². The molecule has 0 aromatic heterocycles. The van der Waals surface area contributed by atoms with E-state index >= 15 is 0 Å². The van der Waals surface area contributed by atoms with Crippen LogP contribution in [0.1, 0.15) is 87.9 Å². The van der Waals surface area contributed by atoms with Gasteiger partial charge in [-0.25, -0.2) is 0 Å². The van der Waals surface area contributed by atoms with Gasteiger partial charge in [-0.1, -0.05) is 63.3 Å². The lowest BCUT2D eigenvalue weighted by molar-refractivity contribution is 0.0755. The van der Waals surface area contributed by atoms with Crippen molar-refractivity contribution in [1.82, 2.24) is 0 Å². The Labute approximate surface area is 129 Å². The Balaban J connectivity index is 1.63. The normalized spacial score (nSPS) is 29.2. The van der Waals surface area contributed by atoms with Crippen LogP contribution in [0.3, 0.4) is 0 Å². The minimum absolute atomic E-state index is 0.252. The summed E-state index contributed by atoms with van der Waals surface area (Å²) in [6, 6.07) is 8.93. The summed E-state index contributed by atoms with van der Waals surface area (Å²) in [7, 11) is 0. The zero-order valence-corrected chi connectivity index (χ0v) is 13.4. The molecule has 2 saturated carbocycles. The molecule has 0 saturated heterocycles. The number of benzene rings is 1. The lowest BCUT2D eigenvalue weighted by Gasteiger charge is -2.30. The number of rotatable bonds is 3. The van der Waals surface area contributed by atoms with Crippen LogP contribution in [0.15, 0.2) is 24.3 Å². The molecule has 116 valence electrons. The molecule has 1 atom stereocenters. The second-order valence-corrected chi connectivity index (χ2v) is 7.47. The highest BCUT2D eigenvalue weighted by Crippen LogP contribution is 2.38. The van der Waals surface area contributed by atoms with Crippen molar-refractivity contribution in [3.8, 4) is 0 Å². The number of hydrogen-bond acceptors (Lipinski definition) is 1. The van der Waals surface area contributed by atoms with E-state index in [1.807, 2.05) is 0 Å². The molecule has 0 amide bonds.